The van der Waals surface area contributed by atoms with Crippen molar-refractivity contribution in [3.8, 4) is 0 Å². The molecule has 0 unspecified atom stereocenters. The summed E-state index contributed by atoms with van der Waals surface area (Å²) in [5.74, 6) is -1.98. The minimum absolute atomic E-state index is 0.0943. The summed E-state index contributed by atoms with van der Waals surface area (Å²) < 4.78 is 3.69. The first-order valence-corrected chi connectivity index (χ1v) is 11.2. The van der Waals surface area contributed by atoms with Crippen LogP contribution in [-0.2, 0) is 23.2 Å². The highest BCUT2D eigenvalue weighted by Crippen LogP contribution is 2.51. The molecule has 1 aromatic heterocycles. The molecule has 0 aromatic carbocycles. The van der Waals surface area contributed by atoms with Crippen molar-refractivity contribution in [1.29, 1.82) is 5.41 Å². The maximum absolute atomic E-state index is 12.5. The number of carboxylic acids is 1. The molecule has 0 radical (unpaired) electrons. The predicted molar refractivity (Wildman–Crippen MR) is 111 cm³/mol. The zero-order valence-electron chi connectivity index (χ0n) is 17.4. The number of rotatable bonds is 7. The van der Waals surface area contributed by atoms with Crippen LogP contribution in [0.5, 0.6) is 0 Å². The lowest BCUT2D eigenvalue weighted by molar-refractivity contribution is -0.163. The SMILES string of the molecule is C[C@@H](O)[C@H]1C(=O)N2C(C(=O)O)=C(S[C@@H]3CN[C@H](CCn4ccn(C)c4=N)C3)[C@H](C)[C@H]12. The smallest absolute Gasteiger partial charge is 0.353 e. The second kappa shape index (κ2) is 7.90. The average molecular weight is 436 g/mol. The molecule has 6 atom stereocenters. The van der Waals surface area contributed by atoms with Crippen LogP contribution in [0.3, 0.4) is 0 Å². The van der Waals surface area contributed by atoms with E-state index in [2.05, 4.69) is 5.32 Å². The Morgan fingerprint density at radius 3 is 2.77 bits per heavy atom. The van der Waals surface area contributed by atoms with Crippen LogP contribution in [0, 0.1) is 17.2 Å². The summed E-state index contributed by atoms with van der Waals surface area (Å²) in [5.41, 5.74) is 0.568. The highest BCUT2D eigenvalue weighted by atomic mass is 32.2. The van der Waals surface area contributed by atoms with Gasteiger partial charge in [-0.1, -0.05) is 6.92 Å². The molecule has 2 fully saturated rings. The lowest BCUT2D eigenvalue weighted by Crippen LogP contribution is -2.63. The summed E-state index contributed by atoms with van der Waals surface area (Å²) in [6.07, 6.45) is 4.81. The number of thioether (sulfide) groups is 1. The Morgan fingerprint density at radius 2 is 2.17 bits per heavy atom. The number of fused-ring (bicyclic) bond motifs is 1. The van der Waals surface area contributed by atoms with Crippen molar-refractivity contribution >= 4 is 23.6 Å². The van der Waals surface area contributed by atoms with Gasteiger partial charge in [0.2, 0.25) is 11.5 Å². The third-order valence-corrected chi connectivity index (χ3v) is 8.09. The van der Waals surface area contributed by atoms with Crippen molar-refractivity contribution in [3.63, 3.8) is 0 Å². The summed E-state index contributed by atoms with van der Waals surface area (Å²) in [6, 6.07) is 0.0466. The van der Waals surface area contributed by atoms with Crippen molar-refractivity contribution in [2.24, 2.45) is 18.9 Å². The molecular weight excluding hydrogens is 406 g/mol. The van der Waals surface area contributed by atoms with Gasteiger partial charge in [0.1, 0.15) is 5.70 Å². The van der Waals surface area contributed by atoms with Crippen LogP contribution < -0.4 is 10.9 Å². The molecule has 4 N–H and O–H groups in total. The van der Waals surface area contributed by atoms with Gasteiger partial charge < -0.3 is 29.6 Å². The normalized spacial score (nSPS) is 31.8. The zero-order chi connectivity index (χ0) is 21.7. The summed E-state index contributed by atoms with van der Waals surface area (Å²) in [6.45, 7) is 5.09. The van der Waals surface area contributed by atoms with E-state index in [1.807, 2.05) is 30.9 Å². The van der Waals surface area contributed by atoms with Gasteiger partial charge in [-0.25, -0.2) is 4.79 Å². The summed E-state index contributed by atoms with van der Waals surface area (Å²) in [4.78, 5) is 26.5. The van der Waals surface area contributed by atoms with Gasteiger partial charge in [-0.15, -0.1) is 11.8 Å². The van der Waals surface area contributed by atoms with Crippen LogP contribution >= 0.6 is 11.8 Å². The first-order chi connectivity index (χ1) is 14.2. The average Bonchev–Trinajstić information content (AvgIpc) is 3.32. The van der Waals surface area contributed by atoms with Gasteiger partial charge in [-0.05, 0) is 19.8 Å². The molecule has 1 amide bonds. The van der Waals surface area contributed by atoms with Gasteiger partial charge in [0.05, 0.1) is 18.1 Å². The quantitative estimate of drug-likeness (QED) is 0.457. The first-order valence-electron chi connectivity index (χ1n) is 10.4. The summed E-state index contributed by atoms with van der Waals surface area (Å²) in [5, 5.41) is 31.5. The van der Waals surface area contributed by atoms with Gasteiger partial charge in [0.15, 0.2) is 0 Å². The molecule has 3 aliphatic rings. The van der Waals surface area contributed by atoms with Gasteiger partial charge in [-0.3, -0.25) is 10.2 Å². The van der Waals surface area contributed by atoms with Crippen LogP contribution in [-0.4, -0.2) is 66.1 Å². The molecule has 9 nitrogen and oxygen atoms in total. The number of imidazole rings is 1. The number of hydrogen-bond donors (Lipinski definition) is 4. The minimum Gasteiger partial charge on any atom is -0.477 e. The Bertz CT molecular complexity index is 951. The van der Waals surface area contributed by atoms with Crippen molar-refractivity contribution in [3.05, 3.63) is 28.6 Å². The van der Waals surface area contributed by atoms with Crippen LogP contribution in [0.15, 0.2) is 23.0 Å². The number of aliphatic hydroxyl groups excluding tert-OH is 1. The van der Waals surface area contributed by atoms with E-state index in [9.17, 15) is 19.8 Å². The van der Waals surface area contributed by atoms with Gasteiger partial charge in [-0.2, -0.15) is 0 Å². The molecule has 0 saturated carbocycles. The number of aliphatic hydroxyl groups is 1. The molecule has 2 saturated heterocycles. The standard InChI is InChI=1S/C20H29N5O4S/c1-10-15-14(11(2)26)18(27)25(15)16(19(28)29)17(10)30-13-8-12(22-9-13)4-5-24-7-6-23(3)20(24)21/h6-7,10-15,21-22,26H,4-5,8-9H2,1-3H3,(H,28,29)/t10-,11-,12-,13+,14-,15-/m1/s1. The Balaban J connectivity index is 1.41. The molecule has 3 aliphatic heterocycles. The van der Waals surface area contributed by atoms with E-state index in [-0.39, 0.29) is 28.8 Å². The summed E-state index contributed by atoms with van der Waals surface area (Å²) in [7, 11) is 1.85. The number of carbonyl (C=O) groups is 2. The molecule has 1 aromatic rings. The maximum atomic E-state index is 12.5. The fourth-order valence-electron chi connectivity index (χ4n) is 4.95. The molecule has 4 heterocycles. The number of nitrogens with one attached hydrogen (secondary N) is 2. The van der Waals surface area contributed by atoms with Crippen molar-refractivity contribution in [1.82, 2.24) is 19.4 Å². The van der Waals surface area contributed by atoms with Crippen LogP contribution in [0.2, 0.25) is 0 Å². The number of carboxylic acid groups (broad SMARTS) is 1. The molecule has 30 heavy (non-hydrogen) atoms. The number of carbonyl (C=O) groups excluding carboxylic acids is 1. The highest BCUT2D eigenvalue weighted by Gasteiger charge is 2.60. The van der Waals surface area contributed by atoms with Crippen molar-refractivity contribution in [2.75, 3.05) is 6.54 Å². The number of aliphatic carboxylic acids is 1. The third kappa shape index (κ3) is 3.40. The van der Waals surface area contributed by atoms with Crippen molar-refractivity contribution < 1.29 is 19.8 Å². The first kappa shape index (κ1) is 21.2. The number of hydrogen-bond acceptors (Lipinski definition) is 6. The number of aryl methyl sites for hydroxylation is 2. The number of β-lactam (4-membered cyclic amide) rings is 1. The Morgan fingerprint density at radius 1 is 1.43 bits per heavy atom. The van der Waals surface area contributed by atoms with Crippen LogP contribution in [0.1, 0.15) is 26.7 Å². The van der Waals surface area contributed by atoms with Crippen LogP contribution in [0.4, 0.5) is 0 Å². The van der Waals surface area contributed by atoms with E-state index in [4.69, 9.17) is 5.41 Å². The van der Waals surface area contributed by atoms with E-state index in [1.165, 1.54) is 4.90 Å². The Kier molecular flexibility index (Phi) is 5.58. The predicted octanol–water partition coefficient (Wildman–Crippen LogP) is 0.314. The maximum Gasteiger partial charge on any atom is 0.353 e. The zero-order valence-corrected chi connectivity index (χ0v) is 18.2. The van der Waals surface area contributed by atoms with Crippen molar-refractivity contribution in [2.45, 2.75) is 56.7 Å². The Labute approximate surface area is 179 Å². The topological polar surface area (TPSA) is 124 Å². The van der Waals surface area contributed by atoms with E-state index in [1.54, 1.807) is 23.3 Å². The largest absolute Gasteiger partial charge is 0.477 e. The molecule has 0 aliphatic carbocycles. The van der Waals surface area contributed by atoms with Crippen LogP contribution in [0.25, 0.3) is 0 Å². The third-order valence-electron chi connectivity index (χ3n) is 6.58. The van der Waals surface area contributed by atoms with E-state index >= 15 is 0 Å². The van der Waals surface area contributed by atoms with Gasteiger partial charge >= 0.3 is 5.97 Å². The van der Waals surface area contributed by atoms with E-state index < -0.39 is 18.0 Å². The molecular formula is C20H29N5O4S. The molecule has 0 bridgehead atoms. The summed E-state index contributed by atoms with van der Waals surface area (Å²) >= 11 is 1.57. The molecule has 0 spiro atoms. The fraction of sp³-hybridized carbons (Fsp3) is 0.650. The molecule has 4 rings (SSSR count). The molecule has 164 valence electrons. The van der Waals surface area contributed by atoms with Gasteiger partial charge in [0.25, 0.3) is 0 Å². The number of amides is 1. The second-order valence-electron chi connectivity index (χ2n) is 8.57. The van der Waals surface area contributed by atoms with E-state index in [0.29, 0.717) is 11.7 Å². The minimum atomic E-state index is -1.07. The number of aromatic nitrogens is 2. The second-order valence-corrected chi connectivity index (χ2v) is 9.91. The van der Waals surface area contributed by atoms with Gasteiger partial charge in [0, 0.05) is 54.6 Å². The lowest BCUT2D eigenvalue weighted by Gasteiger charge is -2.46. The van der Waals surface area contributed by atoms with E-state index in [0.717, 1.165) is 30.8 Å². The monoisotopic (exact) mass is 435 g/mol. The number of nitrogens with zero attached hydrogens (tertiary/aromatic N) is 3. The molecule has 10 heteroatoms. The fourth-order valence-corrected chi connectivity index (χ4v) is 6.47. The highest BCUT2D eigenvalue weighted by molar-refractivity contribution is 8.03. The Hall–Kier alpha value is -2.04. The lowest BCUT2D eigenvalue weighted by atomic mass is 9.79.